The summed E-state index contributed by atoms with van der Waals surface area (Å²) in [6.07, 6.45) is 0.460. The lowest BCUT2D eigenvalue weighted by Crippen LogP contribution is -2.24. The van der Waals surface area contributed by atoms with E-state index in [2.05, 4.69) is 47.9 Å². The van der Waals surface area contributed by atoms with E-state index >= 15 is 0 Å². The Balaban J connectivity index is 1.27. The number of carbonyl (C=O) groups excluding carboxylic acids is 1. The average Bonchev–Trinajstić information content (AvgIpc) is 3.45. The predicted molar refractivity (Wildman–Crippen MR) is 140 cm³/mol. The molecule has 1 atom stereocenters. The van der Waals surface area contributed by atoms with Crippen LogP contribution in [0, 0.1) is 6.92 Å². The summed E-state index contributed by atoms with van der Waals surface area (Å²) in [6, 6.07) is 30.7. The fourth-order valence-electron chi connectivity index (χ4n) is 5.06. The van der Waals surface area contributed by atoms with Crippen LogP contribution in [0.5, 0.6) is 5.75 Å². The molecule has 1 fully saturated rings. The van der Waals surface area contributed by atoms with E-state index in [4.69, 9.17) is 9.72 Å². The predicted octanol–water partition coefficient (Wildman–Crippen LogP) is 6.10. The number of anilines is 1. The number of imidazole rings is 1. The van der Waals surface area contributed by atoms with Crippen LogP contribution in [0.3, 0.4) is 0 Å². The molecule has 2 heterocycles. The molecule has 0 bridgehead atoms. The number of hydrogen-bond donors (Lipinski definition) is 0. The van der Waals surface area contributed by atoms with Crippen molar-refractivity contribution in [1.82, 2.24) is 9.55 Å². The minimum atomic E-state index is 0.0359. The van der Waals surface area contributed by atoms with Crippen molar-refractivity contribution >= 4 is 33.4 Å². The highest BCUT2D eigenvalue weighted by Gasteiger charge is 2.34. The Morgan fingerprint density at radius 1 is 0.914 bits per heavy atom. The molecule has 4 aromatic carbocycles. The van der Waals surface area contributed by atoms with Crippen LogP contribution in [0.4, 0.5) is 5.69 Å². The van der Waals surface area contributed by atoms with Crippen LogP contribution in [0.15, 0.2) is 91.0 Å². The zero-order valence-electron chi connectivity index (χ0n) is 19.7. The molecule has 1 saturated heterocycles. The second-order valence-corrected chi connectivity index (χ2v) is 9.18. The largest absolute Gasteiger partial charge is 0.491 e. The highest BCUT2D eigenvalue weighted by Crippen LogP contribution is 2.33. The van der Waals surface area contributed by atoms with Crippen molar-refractivity contribution in [2.45, 2.75) is 25.8 Å². The Bertz CT molecular complexity index is 1520. The smallest absolute Gasteiger partial charge is 0.227 e. The second kappa shape index (κ2) is 8.91. The number of rotatable bonds is 6. The van der Waals surface area contributed by atoms with Gasteiger partial charge in [0.25, 0.3) is 0 Å². The van der Waals surface area contributed by atoms with Crippen LogP contribution >= 0.6 is 0 Å². The summed E-state index contributed by atoms with van der Waals surface area (Å²) in [7, 11) is 0. The maximum absolute atomic E-state index is 13.0. The molecule has 0 spiro atoms. The van der Waals surface area contributed by atoms with E-state index in [-0.39, 0.29) is 11.8 Å². The number of ether oxygens (including phenoxy) is 1. The number of para-hydroxylation sites is 2. The Morgan fingerprint density at radius 3 is 2.57 bits per heavy atom. The number of aryl methyl sites for hydroxylation is 1. The van der Waals surface area contributed by atoms with Gasteiger partial charge in [-0.15, -0.1) is 0 Å². The molecule has 5 aromatic rings. The zero-order chi connectivity index (χ0) is 23.8. The van der Waals surface area contributed by atoms with Gasteiger partial charge in [-0.2, -0.15) is 0 Å². The van der Waals surface area contributed by atoms with Gasteiger partial charge in [0.1, 0.15) is 18.2 Å². The number of fused-ring (bicyclic) bond motifs is 2. The van der Waals surface area contributed by atoms with E-state index in [0.717, 1.165) is 33.7 Å². The first-order valence-electron chi connectivity index (χ1n) is 12.1. The van der Waals surface area contributed by atoms with Gasteiger partial charge in [-0.3, -0.25) is 4.79 Å². The molecule has 0 saturated carbocycles. The first-order chi connectivity index (χ1) is 17.2. The lowest BCUT2D eigenvalue weighted by Gasteiger charge is -2.18. The molecule has 1 aliphatic rings. The maximum atomic E-state index is 13.0. The minimum absolute atomic E-state index is 0.0359. The summed E-state index contributed by atoms with van der Waals surface area (Å²) >= 11 is 0. The van der Waals surface area contributed by atoms with Crippen LogP contribution in [-0.4, -0.2) is 28.6 Å². The number of hydrogen-bond acceptors (Lipinski definition) is 3. The van der Waals surface area contributed by atoms with E-state index in [1.54, 1.807) is 0 Å². The van der Waals surface area contributed by atoms with Crippen molar-refractivity contribution < 1.29 is 9.53 Å². The van der Waals surface area contributed by atoms with Crippen LogP contribution in [0.1, 0.15) is 23.7 Å². The highest BCUT2D eigenvalue weighted by molar-refractivity contribution is 5.96. The maximum Gasteiger partial charge on any atom is 0.227 e. The third kappa shape index (κ3) is 4.03. The Labute approximate surface area is 204 Å². The second-order valence-electron chi connectivity index (χ2n) is 9.18. The van der Waals surface area contributed by atoms with Crippen molar-refractivity contribution in [3.8, 4) is 5.75 Å². The molecule has 5 heteroatoms. The molecule has 0 N–H and O–H groups in total. The Morgan fingerprint density at radius 2 is 1.69 bits per heavy atom. The van der Waals surface area contributed by atoms with E-state index in [0.29, 0.717) is 26.1 Å². The normalized spacial score (nSPS) is 15.9. The first-order valence-corrected chi connectivity index (χ1v) is 12.1. The quantitative estimate of drug-likeness (QED) is 0.307. The summed E-state index contributed by atoms with van der Waals surface area (Å²) in [4.78, 5) is 19.8. The molecule has 1 amide bonds. The number of amides is 1. The minimum Gasteiger partial charge on any atom is -0.491 e. The topological polar surface area (TPSA) is 47.4 Å². The van der Waals surface area contributed by atoms with E-state index in [1.807, 2.05) is 59.5 Å². The third-order valence-electron chi connectivity index (χ3n) is 6.84. The highest BCUT2D eigenvalue weighted by atomic mass is 16.5. The van der Waals surface area contributed by atoms with Gasteiger partial charge in [-0.1, -0.05) is 66.2 Å². The standard InChI is InChI=1S/C30H27N3O2/c1-21-13-15-24(16-14-21)33-20-23(19-29(33)34)30-31-26-10-4-5-11-27(26)32(30)17-18-35-28-12-6-8-22-7-2-3-9-25(22)28/h2-16,23H,17-20H2,1H3. The SMILES string of the molecule is Cc1ccc(N2CC(c3nc4ccccc4n3CCOc3cccc4ccccc34)CC2=O)cc1. The molecule has 6 rings (SSSR count). The molecule has 5 nitrogen and oxygen atoms in total. The van der Waals surface area contributed by atoms with Gasteiger partial charge >= 0.3 is 0 Å². The molecule has 35 heavy (non-hydrogen) atoms. The average molecular weight is 462 g/mol. The number of benzene rings is 4. The zero-order valence-corrected chi connectivity index (χ0v) is 19.7. The van der Waals surface area contributed by atoms with Crippen molar-refractivity contribution in [1.29, 1.82) is 0 Å². The summed E-state index contributed by atoms with van der Waals surface area (Å²) in [5.74, 6) is 2.02. The summed E-state index contributed by atoms with van der Waals surface area (Å²) in [5.41, 5.74) is 4.16. The third-order valence-corrected chi connectivity index (χ3v) is 6.84. The van der Waals surface area contributed by atoms with Gasteiger partial charge < -0.3 is 14.2 Å². The first kappa shape index (κ1) is 21.4. The van der Waals surface area contributed by atoms with Crippen LogP contribution in [0.2, 0.25) is 0 Å². The molecular weight excluding hydrogens is 434 g/mol. The number of nitrogens with zero attached hydrogens (tertiary/aromatic N) is 3. The molecular formula is C30H27N3O2. The fraction of sp³-hybridized carbons (Fsp3) is 0.200. The van der Waals surface area contributed by atoms with Crippen LogP contribution in [-0.2, 0) is 11.3 Å². The molecule has 1 aliphatic heterocycles. The molecule has 0 aliphatic carbocycles. The van der Waals surface area contributed by atoms with E-state index in [1.165, 1.54) is 10.9 Å². The van der Waals surface area contributed by atoms with Gasteiger partial charge in [-0.25, -0.2) is 4.98 Å². The summed E-state index contributed by atoms with van der Waals surface area (Å²) in [5, 5.41) is 2.28. The van der Waals surface area contributed by atoms with Crippen molar-refractivity contribution in [3.63, 3.8) is 0 Å². The molecule has 1 aromatic heterocycles. The monoisotopic (exact) mass is 461 g/mol. The molecule has 174 valence electrons. The summed E-state index contributed by atoms with van der Waals surface area (Å²) in [6.45, 7) is 3.87. The van der Waals surface area contributed by atoms with Gasteiger partial charge in [-0.05, 0) is 42.6 Å². The summed E-state index contributed by atoms with van der Waals surface area (Å²) < 4.78 is 8.49. The lowest BCUT2D eigenvalue weighted by molar-refractivity contribution is -0.117. The Hall–Kier alpha value is -4.12. The van der Waals surface area contributed by atoms with Crippen LogP contribution in [0.25, 0.3) is 21.8 Å². The molecule has 0 radical (unpaired) electrons. The number of aromatic nitrogens is 2. The van der Waals surface area contributed by atoms with Gasteiger partial charge in [0.05, 0.1) is 17.6 Å². The molecule has 1 unspecified atom stereocenters. The van der Waals surface area contributed by atoms with Crippen molar-refractivity contribution in [2.75, 3.05) is 18.1 Å². The number of carbonyl (C=O) groups is 1. The van der Waals surface area contributed by atoms with E-state index in [9.17, 15) is 4.79 Å². The lowest BCUT2D eigenvalue weighted by atomic mass is 10.1. The van der Waals surface area contributed by atoms with Gasteiger partial charge in [0.15, 0.2) is 0 Å². The van der Waals surface area contributed by atoms with Gasteiger partial charge in [0, 0.05) is 30.0 Å². The van der Waals surface area contributed by atoms with Gasteiger partial charge in [0.2, 0.25) is 5.91 Å². The van der Waals surface area contributed by atoms with Crippen molar-refractivity contribution in [3.05, 3.63) is 102 Å². The fourth-order valence-corrected chi connectivity index (χ4v) is 5.06. The van der Waals surface area contributed by atoms with E-state index < -0.39 is 0 Å². The van der Waals surface area contributed by atoms with Crippen molar-refractivity contribution in [2.24, 2.45) is 0 Å². The van der Waals surface area contributed by atoms with Crippen LogP contribution < -0.4 is 9.64 Å². The Kier molecular flexibility index (Phi) is 5.45.